The lowest BCUT2D eigenvalue weighted by Crippen LogP contribution is -2.09. The van der Waals surface area contributed by atoms with E-state index in [4.69, 9.17) is 14.6 Å². The highest BCUT2D eigenvalue weighted by molar-refractivity contribution is 6.03. The predicted octanol–water partition coefficient (Wildman–Crippen LogP) is 1.28. The number of amides is 1. The third kappa shape index (κ3) is 3.82. The van der Waals surface area contributed by atoms with Crippen molar-refractivity contribution in [2.45, 2.75) is 0 Å². The van der Waals surface area contributed by atoms with E-state index in [-0.39, 0.29) is 0 Å². The molecule has 1 aromatic rings. The molecule has 1 rings (SSSR count). The fraction of sp³-hybridized carbons (Fsp3) is 0.167. The van der Waals surface area contributed by atoms with Gasteiger partial charge in [-0.25, -0.2) is 4.79 Å². The van der Waals surface area contributed by atoms with Crippen LogP contribution in [0.3, 0.4) is 0 Å². The molecular formula is C12H13NO5. The molecule has 0 saturated carbocycles. The van der Waals surface area contributed by atoms with Crippen LogP contribution >= 0.6 is 0 Å². The van der Waals surface area contributed by atoms with Gasteiger partial charge in [-0.3, -0.25) is 4.79 Å². The number of rotatable bonds is 5. The SMILES string of the molecule is COc1ccc(OC)c(NC(=O)/C=C/C(=O)O)c1. The number of carboxylic acids is 1. The molecule has 0 radical (unpaired) electrons. The normalized spacial score (nSPS) is 10.1. The van der Waals surface area contributed by atoms with Gasteiger partial charge >= 0.3 is 5.97 Å². The van der Waals surface area contributed by atoms with Gasteiger partial charge in [0, 0.05) is 18.2 Å². The molecule has 18 heavy (non-hydrogen) atoms. The lowest BCUT2D eigenvalue weighted by molar-refractivity contribution is -0.131. The Morgan fingerprint density at radius 3 is 2.50 bits per heavy atom. The molecule has 0 spiro atoms. The molecule has 0 aliphatic carbocycles. The Balaban J connectivity index is 2.88. The average Bonchev–Trinajstić information content (AvgIpc) is 2.36. The average molecular weight is 251 g/mol. The maximum absolute atomic E-state index is 11.4. The molecule has 2 N–H and O–H groups in total. The minimum absolute atomic E-state index is 0.400. The first-order valence-corrected chi connectivity index (χ1v) is 5.01. The zero-order valence-corrected chi connectivity index (χ0v) is 9.97. The van der Waals surface area contributed by atoms with E-state index in [9.17, 15) is 9.59 Å². The number of carboxylic acid groups (broad SMARTS) is 1. The highest BCUT2D eigenvalue weighted by Gasteiger charge is 2.07. The summed E-state index contributed by atoms with van der Waals surface area (Å²) in [6.45, 7) is 0. The van der Waals surface area contributed by atoms with Gasteiger partial charge in [0.1, 0.15) is 11.5 Å². The molecule has 96 valence electrons. The summed E-state index contributed by atoms with van der Waals surface area (Å²) in [5.74, 6) is -0.757. The lowest BCUT2D eigenvalue weighted by Gasteiger charge is -2.10. The second-order valence-corrected chi connectivity index (χ2v) is 3.23. The number of carbonyl (C=O) groups excluding carboxylic acids is 1. The van der Waals surface area contributed by atoms with Crippen molar-refractivity contribution < 1.29 is 24.2 Å². The van der Waals surface area contributed by atoms with Gasteiger partial charge in [0.25, 0.3) is 0 Å². The van der Waals surface area contributed by atoms with E-state index < -0.39 is 11.9 Å². The number of ether oxygens (including phenoxy) is 2. The van der Waals surface area contributed by atoms with Crippen molar-refractivity contribution in [2.75, 3.05) is 19.5 Å². The van der Waals surface area contributed by atoms with Crippen molar-refractivity contribution in [3.63, 3.8) is 0 Å². The number of anilines is 1. The van der Waals surface area contributed by atoms with Gasteiger partial charge in [-0.1, -0.05) is 0 Å². The Bertz CT molecular complexity index is 481. The quantitative estimate of drug-likeness (QED) is 0.770. The van der Waals surface area contributed by atoms with Gasteiger partial charge in [0.2, 0.25) is 5.91 Å². The largest absolute Gasteiger partial charge is 0.497 e. The van der Waals surface area contributed by atoms with Crippen LogP contribution < -0.4 is 14.8 Å². The summed E-state index contributed by atoms with van der Waals surface area (Å²) in [6, 6.07) is 4.89. The summed E-state index contributed by atoms with van der Waals surface area (Å²) >= 11 is 0. The first-order valence-electron chi connectivity index (χ1n) is 5.01. The van der Waals surface area contributed by atoms with E-state index in [1.165, 1.54) is 14.2 Å². The van der Waals surface area contributed by atoms with E-state index >= 15 is 0 Å². The van der Waals surface area contributed by atoms with Gasteiger partial charge in [0.05, 0.1) is 19.9 Å². The molecule has 0 aliphatic rings. The molecule has 1 amide bonds. The van der Waals surface area contributed by atoms with E-state index in [0.717, 1.165) is 12.2 Å². The second kappa shape index (κ2) is 6.29. The smallest absolute Gasteiger partial charge is 0.328 e. The molecule has 0 unspecified atom stereocenters. The molecule has 0 fully saturated rings. The number of hydrogen-bond acceptors (Lipinski definition) is 4. The fourth-order valence-corrected chi connectivity index (χ4v) is 1.23. The highest BCUT2D eigenvalue weighted by Crippen LogP contribution is 2.28. The summed E-state index contributed by atoms with van der Waals surface area (Å²) in [4.78, 5) is 21.7. The molecule has 0 aromatic heterocycles. The summed E-state index contributed by atoms with van der Waals surface area (Å²) in [5.41, 5.74) is 0.400. The van der Waals surface area contributed by atoms with Crippen molar-refractivity contribution in [1.29, 1.82) is 0 Å². The summed E-state index contributed by atoms with van der Waals surface area (Å²) < 4.78 is 10.1. The van der Waals surface area contributed by atoms with Crippen molar-refractivity contribution in [3.05, 3.63) is 30.4 Å². The van der Waals surface area contributed by atoms with Gasteiger partial charge in [-0.15, -0.1) is 0 Å². The van der Waals surface area contributed by atoms with Crippen molar-refractivity contribution >= 4 is 17.6 Å². The minimum Gasteiger partial charge on any atom is -0.497 e. The third-order valence-electron chi connectivity index (χ3n) is 2.04. The van der Waals surface area contributed by atoms with E-state index in [2.05, 4.69) is 5.32 Å². The summed E-state index contributed by atoms with van der Waals surface area (Å²) in [7, 11) is 2.96. The summed E-state index contributed by atoms with van der Waals surface area (Å²) in [6.07, 6.45) is 1.67. The monoisotopic (exact) mass is 251 g/mol. The van der Waals surface area contributed by atoms with E-state index in [0.29, 0.717) is 17.2 Å². The third-order valence-corrected chi connectivity index (χ3v) is 2.04. The van der Waals surface area contributed by atoms with Crippen LogP contribution in [0, 0.1) is 0 Å². The van der Waals surface area contributed by atoms with Crippen molar-refractivity contribution in [2.24, 2.45) is 0 Å². The van der Waals surface area contributed by atoms with Crippen molar-refractivity contribution in [3.8, 4) is 11.5 Å². The molecule has 0 saturated heterocycles. The Labute approximate surface area is 104 Å². The zero-order valence-electron chi connectivity index (χ0n) is 9.97. The van der Waals surface area contributed by atoms with Crippen LogP contribution in [0.1, 0.15) is 0 Å². The lowest BCUT2D eigenvalue weighted by atomic mass is 10.2. The second-order valence-electron chi connectivity index (χ2n) is 3.23. The van der Waals surface area contributed by atoms with Gasteiger partial charge < -0.3 is 19.9 Å². The fourth-order valence-electron chi connectivity index (χ4n) is 1.23. The molecule has 0 bridgehead atoms. The molecule has 0 aliphatic heterocycles. The maximum atomic E-state index is 11.4. The van der Waals surface area contributed by atoms with Crippen LogP contribution in [-0.2, 0) is 9.59 Å². The van der Waals surface area contributed by atoms with Gasteiger partial charge in [-0.05, 0) is 12.1 Å². The number of methoxy groups -OCH3 is 2. The highest BCUT2D eigenvalue weighted by atomic mass is 16.5. The molecule has 0 atom stereocenters. The molecular weight excluding hydrogens is 238 g/mol. The standard InChI is InChI=1S/C12H13NO5/c1-17-8-3-4-10(18-2)9(7-8)13-11(14)5-6-12(15)16/h3-7H,1-2H3,(H,13,14)(H,15,16)/b6-5+. The van der Waals surface area contributed by atoms with Crippen LogP contribution in [0.25, 0.3) is 0 Å². The van der Waals surface area contributed by atoms with Crippen LogP contribution in [0.4, 0.5) is 5.69 Å². The number of benzene rings is 1. The predicted molar refractivity (Wildman–Crippen MR) is 65.0 cm³/mol. The Morgan fingerprint density at radius 2 is 1.94 bits per heavy atom. The van der Waals surface area contributed by atoms with Gasteiger partial charge in [0.15, 0.2) is 0 Å². The number of aliphatic carboxylic acids is 1. The molecule has 1 aromatic carbocycles. The van der Waals surface area contributed by atoms with Crippen molar-refractivity contribution in [1.82, 2.24) is 0 Å². The van der Waals surface area contributed by atoms with Crippen LogP contribution in [0.2, 0.25) is 0 Å². The summed E-state index contributed by atoms with van der Waals surface area (Å²) in [5, 5.41) is 10.9. The van der Waals surface area contributed by atoms with Crippen LogP contribution in [0.15, 0.2) is 30.4 Å². The Hall–Kier alpha value is -2.50. The van der Waals surface area contributed by atoms with Crippen LogP contribution in [-0.4, -0.2) is 31.2 Å². The maximum Gasteiger partial charge on any atom is 0.328 e. The number of carbonyl (C=O) groups is 2. The first-order chi connectivity index (χ1) is 8.56. The Morgan fingerprint density at radius 1 is 1.22 bits per heavy atom. The minimum atomic E-state index is -1.19. The molecule has 6 heteroatoms. The first kappa shape index (κ1) is 13.6. The zero-order chi connectivity index (χ0) is 13.5. The van der Waals surface area contributed by atoms with Gasteiger partial charge in [-0.2, -0.15) is 0 Å². The number of hydrogen-bond donors (Lipinski definition) is 2. The Kier molecular flexibility index (Phi) is 4.74. The van der Waals surface area contributed by atoms with E-state index in [1.807, 2.05) is 0 Å². The van der Waals surface area contributed by atoms with Crippen LogP contribution in [0.5, 0.6) is 11.5 Å². The topological polar surface area (TPSA) is 84.9 Å². The van der Waals surface area contributed by atoms with E-state index in [1.54, 1.807) is 18.2 Å². The molecule has 0 heterocycles. The number of nitrogens with one attached hydrogen (secondary N) is 1. The molecule has 6 nitrogen and oxygen atoms in total.